The van der Waals surface area contributed by atoms with Crippen molar-refractivity contribution < 1.29 is 0 Å². The molecule has 0 bridgehead atoms. The third-order valence-electron chi connectivity index (χ3n) is 4.06. The monoisotopic (exact) mass is 252 g/mol. The van der Waals surface area contributed by atoms with Crippen molar-refractivity contribution >= 4 is 11.3 Å². The van der Waals surface area contributed by atoms with Crippen molar-refractivity contribution in [2.45, 2.75) is 53.0 Å². The predicted molar refractivity (Wildman–Crippen MR) is 74.5 cm³/mol. The summed E-state index contributed by atoms with van der Waals surface area (Å²) < 4.78 is 0. The van der Waals surface area contributed by atoms with E-state index in [-0.39, 0.29) is 0 Å². The zero-order chi connectivity index (χ0) is 12.4. The summed E-state index contributed by atoms with van der Waals surface area (Å²) in [7, 11) is 0. The first-order valence-electron chi connectivity index (χ1n) is 6.75. The molecule has 0 radical (unpaired) electrons. The maximum atomic E-state index is 4.51. The minimum atomic E-state index is 0.453. The number of nitrogens with one attached hydrogen (secondary N) is 1. The molecule has 17 heavy (non-hydrogen) atoms. The van der Waals surface area contributed by atoms with E-state index in [9.17, 15) is 0 Å². The molecule has 3 atom stereocenters. The summed E-state index contributed by atoms with van der Waals surface area (Å²) in [5.74, 6) is 1.78. The molecule has 1 N–H and O–H groups in total. The Bertz CT molecular complexity index is 372. The fourth-order valence-corrected chi connectivity index (χ4v) is 3.85. The van der Waals surface area contributed by atoms with Gasteiger partial charge in [-0.1, -0.05) is 19.8 Å². The smallest absolute Gasteiger partial charge is 0.0900 e. The minimum Gasteiger partial charge on any atom is -0.309 e. The van der Waals surface area contributed by atoms with Crippen LogP contribution in [0.25, 0.3) is 0 Å². The van der Waals surface area contributed by atoms with Gasteiger partial charge in [-0.2, -0.15) is 0 Å². The second-order valence-corrected chi connectivity index (χ2v) is 6.72. The van der Waals surface area contributed by atoms with Crippen molar-refractivity contribution in [1.82, 2.24) is 10.3 Å². The van der Waals surface area contributed by atoms with Crippen molar-refractivity contribution in [3.63, 3.8) is 0 Å². The van der Waals surface area contributed by atoms with Crippen LogP contribution in [0.15, 0.2) is 0 Å². The molecule has 0 aliphatic heterocycles. The number of hydrogen-bond acceptors (Lipinski definition) is 3. The predicted octanol–water partition coefficient (Wildman–Crippen LogP) is 3.85. The maximum Gasteiger partial charge on any atom is 0.0900 e. The van der Waals surface area contributed by atoms with Crippen LogP contribution in [0.2, 0.25) is 0 Å². The van der Waals surface area contributed by atoms with E-state index in [1.165, 1.54) is 41.4 Å². The fraction of sp³-hybridized carbons (Fsp3) is 0.786. The van der Waals surface area contributed by atoms with E-state index in [0.717, 1.165) is 11.8 Å². The van der Waals surface area contributed by atoms with E-state index in [1.807, 2.05) is 11.3 Å². The highest BCUT2D eigenvalue weighted by Crippen LogP contribution is 2.31. The van der Waals surface area contributed by atoms with Crippen LogP contribution in [-0.4, -0.2) is 11.5 Å². The molecule has 0 spiro atoms. The van der Waals surface area contributed by atoms with Crippen molar-refractivity contribution in [2.24, 2.45) is 11.8 Å². The van der Waals surface area contributed by atoms with Crippen LogP contribution in [0.3, 0.4) is 0 Å². The lowest BCUT2D eigenvalue weighted by molar-refractivity contribution is 0.376. The van der Waals surface area contributed by atoms with Crippen LogP contribution in [0.4, 0.5) is 0 Å². The topological polar surface area (TPSA) is 24.9 Å². The average Bonchev–Trinajstić information content (AvgIpc) is 2.81. The van der Waals surface area contributed by atoms with Gasteiger partial charge in [0.15, 0.2) is 0 Å². The Labute approximate surface area is 109 Å². The summed E-state index contributed by atoms with van der Waals surface area (Å²) in [5.41, 5.74) is 1.20. The number of rotatable bonds is 4. The number of thiazole rings is 1. The van der Waals surface area contributed by atoms with Crippen LogP contribution >= 0.6 is 11.3 Å². The molecule has 3 unspecified atom stereocenters. The molecular weight excluding hydrogens is 228 g/mol. The largest absolute Gasteiger partial charge is 0.309 e. The maximum absolute atomic E-state index is 4.51. The normalized spacial score (nSPS) is 26.4. The Balaban J connectivity index is 1.88. The number of aromatic nitrogens is 1. The molecule has 1 heterocycles. The van der Waals surface area contributed by atoms with Crippen molar-refractivity contribution in [2.75, 3.05) is 6.54 Å². The summed E-state index contributed by atoms with van der Waals surface area (Å²) in [6.07, 6.45) is 4.24. The summed E-state index contributed by atoms with van der Waals surface area (Å²) in [4.78, 5) is 5.92. The van der Waals surface area contributed by atoms with Gasteiger partial charge in [-0.3, -0.25) is 0 Å². The highest BCUT2D eigenvalue weighted by Gasteiger charge is 2.24. The van der Waals surface area contributed by atoms with E-state index >= 15 is 0 Å². The zero-order valence-electron chi connectivity index (χ0n) is 11.4. The van der Waals surface area contributed by atoms with Crippen molar-refractivity contribution in [3.8, 4) is 0 Å². The summed E-state index contributed by atoms with van der Waals surface area (Å²) in [6.45, 7) is 10.0. The molecule has 3 heteroatoms. The fourth-order valence-electron chi connectivity index (χ4n) is 2.90. The van der Waals surface area contributed by atoms with Crippen LogP contribution in [-0.2, 0) is 0 Å². The van der Waals surface area contributed by atoms with Gasteiger partial charge in [0.1, 0.15) is 0 Å². The summed E-state index contributed by atoms with van der Waals surface area (Å²) >= 11 is 1.83. The second-order valence-electron chi connectivity index (χ2n) is 5.48. The van der Waals surface area contributed by atoms with E-state index in [1.54, 1.807) is 0 Å². The third-order valence-corrected chi connectivity index (χ3v) is 5.31. The van der Waals surface area contributed by atoms with Crippen LogP contribution in [0.1, 0.15) is 54.7 Å². The Morgan fingerprint density at radius 1 is 1.41 bits per heavy atom. The molecule has 1 aliphatic carbocycles. The Morgan fingerprint density at radius 2 is 2.18 bits per heavy atom. The lowest BCUT2D eigenvalue weighted by atomic mass is 9.98. The van der Waals surface area contributed by atoms with E-state index in [2.05, 4.69) is 38.0 Å². The lowest BCUT2D eigenvalue weighted by Gasteiger charge is -2.19. The molecule has 1 aromatic heterocycles. The molecule has 0 amide bonds. The van der Waals surface area contributed by atoms with Gasteiger partial charge in [-0.05, 0) is 45.6 Å². The Kier molecular flexibility index (Phi) is 4.21. The highest BCUT2D eigenvalue weighted by atomic mass is 32.1. The molecule has 96 valence electrons. The second kappa shape index (κ2) is 5.49. The number of aryl methyl sites for hydroxylation is 2. The zero-order valence-corrected chi connectivity index (χ0v) is 12.2. The third kappa shape index (κ3) is 3.08. The van der Waals surface area contributed by atoms with E-state index in [0.29, 0.717) is 6.04 Å². The summed E-state index contributed by atoms with van der Waals surface area (Å²) in [5, 5.41) is 4.88. The van der Waals surface area contributed by atoms with Gasteiger partial charge < -0.3 is 5.32 Å². The van der Waals surface area contributed by atoms with E-state index in [4.69, 9.17) is 0 Å². The minimum absolute atomic E-state index is 0.453. The standard InChI is InChI=1S/C14H24N2S/c1-9-6-5-7-13(9)8-15-10(2)14-11(3)16-12(4)17-14/h9-10,13,15H,5-8H2,1-4H3. The van der Waals surface area contributed by atoms with Gasteiger partial charge in [0.25, 0.3) is 0 Å². The number of nitrogens with zero attached hydrogens (tertiary/aromatic N) is 1. The first kappa shape index (κ1) is 13.0. The van der Waals surface area contributed by atoms with Gasteiger partial charge in [0.2, 0.25) is 0 Å². The van der Waals surface area contributed by atoms with Crippen molar-refractivity contribution in [3.05, 3.63) is 15.6 Å². The number of hydrogen-bond donors (Lipinski definition) is 1. The average molecular weight is 252 g/mol. The Morgan fingerprint density at radius 3 is 2.71 bits per heavy atom. The van der Waals surface area contributed by atoms with Crippen LogP contribution in [0, 0.1) is 25.7 Å². The first-order valence-corrected chi connectivity index (χ1v) is 7.57. The van der Waals surface area contributed by atoms with Gasteiger partial charge in [-0.15, -0.1) is 11.3 Å². The molecule has 2 nitrogen and oxygen atoms in total. The van der Waals surface area contributed by atoms with Gasteiger partial charge >= 0.3 is 0 Å². The molecular formula is C14H24N2S. The first-order chi connectivity index (χ1) is 8.08. The molecule has 0 saturated heterocycles. The molecule has 1 aliphatic rings. The quantitative estimate of drug-likeness (QED) is 0.880. The van der Waals surface area contributed by atoms with Gasteiger partial charge in [0.05, 0.1) is 10.7 Å². The van der Waals surface area contributed by atoms with Gasteiger partial charge in [0, 0.05) is 10.9 Å². The van der Waals surface area contributed by atoms with Gasteiger partial charge in [-0.25, -0.2) is 4.98 Å². The molecule has 1 fully saturated rings. The van der Waals surface area contributed by atoms with Crippen molar-refractivity contribution in [1.29, 1.82) is 0 Å². The highest BCUT2D eigenvalue weighted by molar-refractivity contribution is 7.11. The SMILES string of the molecule is Cc1nc(C)c(C(C)NCC2CCCC2C)s1. The summed E-state index contributed by atoms with van der Waals surface area (Å²) in [6, 6.07) is 0.453. The molecule has 1 aromatic rings. The van der Waals surface area contributed by atoms with Crippen LogP contribution in [0.5, 0.6) is 0 Å². The van der Waals surface area contributed by atoms with E-state index < -0.39 is 0 Å². The molecule has 2 rings (SSSR count). The molecule has 0 aromatic carbocycles. The lowest BCUT2D eigenvalue weighted by Crippen LogP contribution is -2.26. The molecule has 1 saturated carbocycles. The Hall–Kier alpha value is -0.410. The van der Waals surface area contributed by atoms with Crippen LogP contribution < -0.4 is 5.32 Å².